The molecule has 1 aliphatic carbocycles. The summed E-state index contributed by atoms with van der Waals surface area (Å²) in [4.78, 5) is 11.0. The van der Waals surface area contributed by atoms with Gasteiger partial charge in [0.25, 0.3) is 5.24 Å². The van der Waals surface area contributed by atoms with Gasteiger partial charge in [0.1, 0.15) is 0 Å². The van der Waals surface area contributed by atoms with E-state index in [2.05, 4.69) is 4.74 Å². The largest absolute Gasteiger partial charge is 0.487 e. The molecular formula is C12H11ClF2O3. The van der Waals surface area contributed by atoms with Gasteiger partial charge in [-0.15, -0.1) is 0 Å². The fourth-order valence-corrected chi connectivity index (χ4v) is 1.70. The second kappa shape index (κ2) is 5.52. The molecule has 6 heteroatoms. The van der Waals surface area contributed by atoms with E-state index >= 15 is 0 Å². The van der Waals surface area contributed by atoms with Crippen LogP contribution in [0, 0.1) is 0 Å². The molecule has 0 spiro atoms. The molecule has 0 bridgehead atoms. The summed E-state index contributed by atoms with van der Waals surface area (Å²) >= 11 is 5.33. The van der Waals surface area contributed by atoms with Crippen LogP contribution in [0.1, 0.15) is 29.6 Å². The zero-order valence-corrected chi connectivity index (χ0v) is 10.1. The van der Waals surface area contributed by atoms with Crippen LogP contribution in [0.25, 0.3) is 0 Å². The predicted molar refractivity (Wildman–Crippen MR) is 61.5 cm³/mol. The van der Waals surface area contributed by atoms with Crippen LogP contribution >= 0.6 is 11.6 Å². The quantitative estimate of drug-likeness (QED) is 0.771. The lowest BCUT2D eigenvalue weighted by Gasteiger charge is -2.27. The topological polar surface area (TPSA) is 35.5 Å². The Morgan fingerprint density at radius 3 is 2.56 bits per heavy atom. The van der Waals surface area contributed by atoms with Crippen molar-refractivity contribution in [1.29, 1.82) is 0 Å². The van der Waals surface area contributed by atoms with E-state index in [1.165, 1.54) is 18.2 Å². The second-order valence-corrected chi connectivity index (χ2v) is 4.33. The first-order valence-electron chi connectivity index (χ1n) is 5.51. The molecule has 0 aromatic heterocycles. The second-order valence-electron chi connectivity index (χ2n) is 3.98. The molecule has 3 nitrogen and oxygen atoms in total. The smallest absolute Gasteiger partial charge is 0.387 e. The molecule has 0 amide bonds. The van der Waals surface area contributed by atoms with Crippen LogP contribution in [0.5, 0.6) is 11.5 Å². The van der Waals surface area contributed by atoms with Crippen molar-refractivity contribution in [2.45, 2.75) is 32.0 Å². The third kappa shape index (κ3) is 3.10. The van der Waals surface area contributed by atoms with Crippen molar-refractivity contribution in [3.63, 3.8) is 0 Å². The van der Waals surface area contributed by atoms with Gasteiger partial charge in [0, 0.05) is 5.56 Å². The van der Waals surface area contributed by atoms with Crippen molar-refractivity contribution >= 4 is 16.8 Å². The number of carbonyl (C=O) groups excluding carboxylic acids is 1. The summed E-state index contributed by atoms with van der Waals surface area (Å²) in [7, 11) is 0. The van der Waals surface area contributed by atoms with E-state index in [9.17, 15) is 13.6 Å². The van der Waals surface area contributed by atoms with Crippen molar-refractivity contribution in [3.05, 3.63) is 23.8 Å². The first-order chi connectivity index (χ1) is 8.56. The highest BCUT2D eigenvalue weighted by molar-refractivity contribution is 6.67. The molecule has 0 aliphatic heterocycles. The average molecular weight is 277 g/mol. The number of hydrogen-bond donors (Lipinski definition) is 0. The number of ether oxygens (including phenoxy) is 2. The van der Waals surface area contributed by atoms with Gasteiger partial charge in [0.15, 0.2) is 11.5 Å². The Kier molecular flexibility index (Phi) is 4.01. The van der Waals surface area contributed by atoms with E-state index in [1.54, 1.807) is 0 Å². The van der Waals surface area contributed by atoms with Gasteiger partial charge in [0.05, 0.1) is 6.10 Å². The minimum Gasteiger partial charge on any atom is -0.487 e. The van der Waals surface area contributed by atoms with E-state index in [0.717, 1.165) is 19.3 Å². The molecule has 1 aromatic rings. The minimum absolute atomic E-state index is 0.00861. The van der Waals surface area contributed by atoms with Crippen LogP contribution in [0.2, 0.25) is 0 Å². The van der Waals surface area contributed by atoms with E-state index in [4.69, 9.17) is 16.3 Å². The molecule has 98 valence electrons. The molecule has 1 fully saturated rings. The molecule has 18 heavy (non-hydrogen) atoms. The summed E-state index contributed by atoms with van der Waals surface area (Å²) in [5.41, 5.74) is 0.188. The first kappa shape index (κ1) is 13.1. The molecular weight excluding hydrogens is 266 g/mol. The standard InChI is InChI=1S/C12H11ClF2O3/c13-11(16)7-4-5-9(18-12(14)15)10(6-7)17-8-2-1-3-8/h4-6,8,12H,1-3H2. The fraction of sp³-hybridized carbons (Fsp3) is 0.417. The Morgan fingerprint density at radius 1 is 1.33 bits per heavy atom. The van der Waals surface area contributed by atoms with Gasteiger partial charge in [-0.1, -0.05) is 0 Å². The molecule has 1 saturated carbocycles. The molecule has 1 aromatic carbocycles. The zero-order chi connectivity index (χ0) is 13.1. The fourth-order valence-electron chi connectivity index (χ4n) is 1.58. The van der Waals surface area contributed by atoms with Crippen LogP contribution in [0.3, 0.4) is 0 Å². The van der Waals surface area contributed by atoms with E-state index in [1.807, 2.05) is 0 Å². The zero-order valence-electron chi connectivity index (χ0n) is 9.37. The maximum atomic E-state index is 12.2. The normalized spacial score (nSPS) is 15.3. The van der Waals surface area contributed by atoms with Gasteiger partial charge < -0.3 is 9.47 Å². The number of benzene rings is 1. The molecule has 0 heterocycles. The molecule has 2 rings (SSSR count). The van der Waals surface area contributed by atoms with Gasteiger partial charge in [-0.3, -0.25) is 4.79 Å². The highest BCUT2D eigenvalue weighted by Gasteiger charge is 2.22. The molecule has 0 unspecified atom stereocenters. The number of halogens is 3. The van der Waals surface area contributed by atoms with Crippen molar-refractivity contribution < 1.29 is 23.0 Å². The predicted octanol–water partition coefficient (Wildman–Crippen LogP) is 3.60. The van der Waals surface area contributed by atoms with E-state index in [0.29, 0.717) is 0 Å². The number of rotatable bonds is 5. The van der Waals surface area contributed by atoms with Crippen molar-refractivity contribution in [2.75, 3.05) is 0 Å². The highest BCUT2D eigenvalue weighted by Crippen LogP contribution is 2.34. The number of carbonyl (C=O) groups is 1. The maximum absolute atomic E-state index is 12.2. The maximum Gasteiger partial charge on any atom is 0.387 e. The van der Waals surface area contributed by atoms with Crippen LogP contribution in [-0.2, 0) is 0 Å². The summed E-state index contributed by atoms with van der Waals surface area (Å²) in [5, 5.41) is -0.669. The lowest BCUT2D eigenvalue weighted by molar-refractivity contribution is -0.0526. The van der Waals surface area contributed by atoms with E-state index in [-0.39, 0.29) is 23.2 Å². The molecule has 1 aliphatic rings. The van der Waals surface area contributed by atoms with Crippen LogP contribution < -0.4 is 9.47 Å². The summed E-state index contributed by atoms with van der Waals surface area (Å²) in [6.07, 6.45) is 2.77. The molecule has 0 radical (unpaired) electrons. The Balaban J connectivity index is 2.23. The molecule has 0 atom stereocenters. The first-order valence-corrected chi connectivity index (χ1v) is 5.89. The Morgan fingerprint density at radius 2 is 2.06 bits per heavy atom. The van der Waals surface area contributed by atoms with Crippen LogP contribution in [0.15, 0.2) is 18.2 Å². The van der Waals surface area contributed by atoms with Crippen molar-refractivity contribution in [2.24, 2.45) is 0 Å². The Hall–Kier alpha value is -1.36. The highest BCUT2D eigenvalue weighted by atomic mass is 35.5. The van der Waals surface area contributed by atoms with Crippen molar-refractivity contribution in [1.82, 2.24) is 0 Å². The third-order valence-electron chi connectivity index (χ3n) is 2.73. The van der Waals surface area contributed by atoms with Crippen LogP contribution in [0.4, 0.5) is 8.78 Å². The van der Waals surface area contributed by atoms with Gasteiger partial charge in [-0.2, -0.15) is 8.78 Å². The number of alkyl halides is 2. The van der Waals surface area contributed by atoms with E-state index < -0.39 is 11.9 Å². The number of hydrogen-bond acceptors (Lipinski definition) is 3. The van der Waals surface area contributed by atoms with Crippen molar-refractivity contribution in [3.8, 4) is 11.5 Å². The Labute approximate surface area is 108 Å². The summed E-state index contributed by atoms with van der Waals surface area (Å²) in [6, 6.07) is 3.90. The SMILES string of the molecule is O=C(Cl)c1ccc(OC(F)F)c(OC2CCC2)c1. The lowest BCUT2D eigenvalue weighted by Crippen LogP contribution is -2.25. The van der Waals surface area contributed by atoms with Gasteiger partial charge in [-0.25, -0.2) is 0 Å². The van der Waals surface area contributed by atoms with Gasteiger partial charge >= 0.3 is 6.61 Å². The summed E-state index contributed by atoms with van der Waals surface area (Å²) in [6.45, 7) is -2.94. The minimum atomic E-state index is -2.94. The third-order valence-corrected chi connectivity index (χ3v) is 2.95. The summed E-state index contributed by atoms with van der Waals surface area (Å²) < 4.78 is 34.3. The summed E-state index contributed by atoms with van der Waals surface area (Å²) in [5.74, 6) is 0.0464. The lowest BCUT2D eigenvalue weighted by atomic mass is 9.96. The monoisotopic (exact) mass is 276 g/mol. The molecule has 0 N–H and O–H groups in total. The molecule has 0 saturated heterocycles. The van der Waals surface area contributed by atoms with Crippen LogP contribution in [-0.4, -0.2) is 18.0 Å². The van der Waals surface area contributed by atoms with Gasteiger partial charge in [0.2, 0.25) is 0 Å². The Bertz CT molecular complexity index is 447. The average Bonchev–Trinajstić information content (AvgIpc) is 2.24. The van der Waals surface area contributed by atoms with Gasteiger partial charge in [-0.05, 0) is 49.1 Å².